The third-order valence-electron chi connectivity index (χ3n) is 4.08. The highest BCUT2D eigenvalue weighted by Gasteiger charge is 2.22. The topological polar surface area (TPSA) is 35.2 Å². The van der Waals surface area contributed by atoms with E-state index in [-0.39, 0.29) is 0 Å². The maximum atomic E-state index is 6.11. The summed E-state index contributed by atoms with van der Waals surface area (Å²) >= 11 is 0. The predicted molar refractivity (Wildman–Crippen MR) is 62.7 cm³/mol. The highest BCUT2D eigenvalue weighted by molar-refractivity contribution is 4.76. The van der Waals surface area contributed by atoms with Crippen LogP contribution in [-0.2, 0) is 4.74 Å². The van der Waals surface area contributed by atoms with Gasteiger partial charge in [0.05, 0.1) is 0 Å². The normalized spacial score (nSPS) is 35.0. The van der Waals surface area contributed by atoms with Crippen molar-refractivity contribution in [3.8, 4) is 0 Å². The number of nitrogens with two attached hydrogens (primary N) is 1. The second-order valence-corrected chi connectivity index (χ2v) is 5.44. The summed E-state index contributed by atoms with van der Waals surface area (Å²) in [4.78, 5) is 0. The lowest BCUT2D eigenvalue weighted by atomic mass is 9.84. The Balaban J connectivity index is 1.76. The lowest BCUT2D eigenvalue weighted by molar-refractivity contribution is 0.0574. The quantitative estimate of drug-likeness (QED) is 0.713. The third-order valence-corrected chi connectivity index (χ3v) is 4.08. The minimum atomic E-state index is 0.484. The summed E-state index contributed by atoms with van der Waals surface area (Å²) in [5.41, 5.74) is 6.11. The van der Waals surface area contributed by atoms with Crippen LogP contribution < -0.4 is 5.73 Å². The number of ether oxygens (including phenoxy) is 1. The van der Waals surface area contributed by atoms with Gasteiger partial charge in [0.15, 0.2) is 0 Å². The Hall–Kier alpha value is -0.0800. The molecule has 1 saturated heterocycles. The van der Waals surface area contributed by atoms with E-state index in [1.807, 2.05) is 0 Å². The van der Waals surface area contributed by atoms with Crippen LogP contribution in [0.5, 0.6) is 0 Å². The maximum absolute atomic E-state index is 6.11. The van der Waals surface area contributed by atoms with E-state index in [1.165, 1.54) is 51.4 Å². The van der Waals surface area contributed by atoms with Crippen molar-refractivity contribution in [3.05, 3.63) is 0 Å². The van der Waals surface area contributed by atoms with Crippen LogP contribution in [-0.4, -0.2) is 19.3 Å². The van der Waals surface area contributed by atoms with Gasteiger partial charge in [0, 0.05) is 19.3 Å². The molecule has 0 spiro atoms. The summed E-state index contributed by atoms with van der Waals surface area (Å²) in [6, 6.07) is 0.484. The van der Waals surface area contributed by atoms with Crippen molar-refractivity contribution >= 4 is 0 Å². The largest absolute Gasteiger partial charge is 0.381 e. The smallest absolute Gasteiger partial charge is 0.0468 e. The molecule has 0 aromatic carbocycles. The van der Waals surface area contributed by atoms with Gasteiger partial charge in [-0.3, -0.25) is 0 Å². The Labute approximate surface area is 93.6 Å². The molecule has 2 heteroatoms. The van der Waals surface area contributed by atoms with Gasteiger partial charge < -0.3 is 10.5 Å². The van der Waals surface area contributed by atoms with Crippen molar-refractivity contribution in [1.82, 2.24) is 0 Å². The fourth-order valence-corrected chi connectivity index (χ4v) is 3.17. The first-order valence-electron chi connectivity index (χ1n) is 6.68. The summed E-state index contributed by atoms with van der Waals surface area (Å²) in [7, 11) is 0. The van der Waals surface area contributed by atoms with Crippen LogP contribution in [0.2, 0.25) is 0 Å². The zero-order valence-corrected chi connectivity index (χ0v) is 9.79. The van der Waals surface area contributed by atoms with E-state index >= 15 is 0 Å². The van der Waals surface area contributed by atoms with Crippen LogP contribution >= 0.6 is 0 Å². The van der Waals surface area contributed by atoms with Crippen LogP contribution in [0.1, 0.15) is 51.4 Å². The summed E-state index contributed by atoms with van der Waals surface area (Å²) in [5, 5.41) is 0. The van der Waals surface area contributed by atoms with E-state index in [2.05, 4.69) is 0 Å². The van der Waals surface area contributed by atoms with Crippen molar-refractivity contribution in [2.45, 2.75) is 57.4 Å². The fraction of sp³-hybridized carbons (Fsp3) is 1.00. The number of rotatable bonds is 2. The fourth-order valence-electron chi connectivity index (χ4n) is 3.17. The van der Waals surface area contributed by atoms with Gasteiger partial charge in [0.2, 0.25) is 0 Å². The van der Waals surface area contributed by atoms with Crippen molar-refractivity contribution in [2.24, 2.45) is 17.6 Å². The average molecular weight is 211 g/mol. The average Bonchev–Trinajstić information content (AvgIpc) is 2.44. The number of hydrogen-bond donors (Lipinski definition) is 1. The zero-order chi connectivity index (χ0) is 10.5. The summed E-state index contributed by atoms with van der Waals surface area (Å²) in [6.45, 7) is 1.98. The van der Waals surface area contributed by atoms with Crippen molar-refractivity contribution in [1.29, 1.82) is 0 Å². The van der Waals surface area contributed by atoms with Gasteiger partial charge in [-0.2, -0.15) is 0 Å². The Morgan fingerprint density at radius 1 is 0.933 bits per heavy atom. The summed E-state index contributed by atoms with van der Waals surface area (Å²) in [5.74, 6) is 1.83. The van der Waals surface area contributed by atoms with E-state index in [0.717, 1.165) is 25.0 Å². The summed E-state index contributed by atoms with van der Waals surface area (Å²) < 4.78 is 5.41. The first kappa shape index (κ1) is 11.4. The molecule has 2 nitrogen and oxygen atoms in total. The van der Waals surface area contributed by atoms with E-state index in [4.69, 9.17) is 10.5 Å². The SMILES string of the molecule is NC1CCCCC(CC2CCOCC2)C1. The Kier molecular flexibility index (Phi) is 4.45. The van der Waals surface area contributed by atoms with Crippen molar-refractivity contribution in [2.75, 3.05) is 13.2 Å². The lowest BCUT2D eigenvalue weighted by Crippen LogP contribution is -2.24. The van der Waals surface area contributed by atoms with Gasteiger partial charge in [-0.15, -0.1) is 0 Å². The van der Waals surface area contributed by atoms with Gasteiger partial charge in [0.1, 0.15) is 0 Å². The molecule has 0 amide bonds. The molecule has 2 unspecified atom stereocenters. The molecule has 15 heavy (non-hydrogen) atoms. The molecular weight excluding hydrogens is 186 g/mol. The molecule has 2 N–H and O–H groups in total. The molecule has 1 saturated carbocycles. The van der Waals surface area contributed by atoms with Crippen LogP contribution in [0.4, 0.5) is 0 Å². The number of hydrogen-bond acceptors (Lipinski definition) is 2. The highest BCUT2D eigenvalue weighted by Crippen LogP contribution is 2.31. The van der Waals surface area contributed by atoms with Crippen LogP contribution in [0, 0.1) is 11.8 Å². The molecule has 1 aliphatic heterocycles. The minimum absolute atomic E-state index is 0.484. The second-order valence-electron chi connectivity index (χ2n) is 5.44. The van der Waals surface area contributed by atoms with Crippen LogP contribution in [0.15, 0.2) is 0 Å². The standard InChI is InChI=1S/C13H25NO/c14-13-4-2-1-3-12(10-13)9-11-5-7-15-8-6-11/h11-13H,1-10,14H2. The molecule has 2 rings (SSSR count). The molecule has 0 aromatic rings. The molecule has 0 radical (unpaired) electrons. The molecule has 2 aliphatic rings. The predicted octanol–water partition coefficient (Wildman–Crippen LogP) is 2.71. The third kappa shape index (κ3) is 3.76. The van der Waals surface area contributed by atoms with Gasteiger partial charge in [0.25, 0.3) is 0 Å². The second kappa shape index (κ2) is 5.86. The molecule has 88 valence electrons. The van der Waals surface area contributed by atoms with Gasteiger partial charge >= 0.3 is 0 Å². The molecule has 1 aliphatic carbocycles. The molecule has 0 aromatic heterocycles. The molecule has 2 fully saturated rings. The first-order valence-corrected chi connectivity index (χ1v) is 6.68. The Bertz CT molecular complexity index is 177. The van der Waals surface area contributed by atoms with E-state index in [0.29, 0.717) is 6.04 Å². The van der Waals surface area contributed by atoms with Gasteiger partial charge in [-0.1, -0.05) is 19.3 Å². The van der Waals surface area contributed by atoms with Crippen LogP contribution in [0.3, 0.4) is 0 Å². The molecule has 0 bridgehead atoms. The lowest BCUT2D eigenvalue weighted by Gasteiger charge is -2.26. The zero-order valence-electron chi connectivity index (χ0n) is 9.79. The van der Waals surface area contributed by atoms with E-state index in [1.54, 1.807) is 0 Å². The maximum Gasteiger partial charge on any atom is 0.0468 e. The molecule has 2 atom stereocenters. The van der Waals surface area contributed by atoms with E-state index < -0.39 is 0 Å². The van der Waals surface area contributed by atoms with E-state index in [9.17, 15) is 0 Å². The summed E-state index contributed by atoms with van der Waals surface area (Å²) in [6.07, 6.45) is 10.7. The van der Waals surface area contributed by atoms with Crippen molar-refractivity contribution < 1.29 is 4.74 Å². The van der Waals surface area contributed by atoms with Gasteiger partial charge in [-0.25, -0.2) is 0 Å². The minimum Gasteiger partial charge on any atom is -0.381 e. The molecule has 1 heterocycles. The molecular formula is C13H25NO. The van der Waals surface area contributed by atoms with Gasteiger partial charge in [-0.05, 0) is 43.9 Å². The first-order chi connectivity index (χ1) is 7.34. The Morgan fingerprint density at radius 3 is 2.47 bits per heavy atom. The van der Waals surface area contributed by atoms with Crippen LogP contribution in [0.25, 0.3) is 0 Å². The Morgan fingerprint density at radius 2 is 1.67 bits per heavy atom. The highest BCUT2D eigenvalue weighted by atomic mass is 16.5. The van der Waals surface area contributed by atoms with Crippen molar-refractivity contribution in [3.63, 3.8) is 0 Å². The monoisotopic (exact) mass is 211 g/mol.